The quantitative estimate of drug-likeness (QED) is 0.866. The lowest BCUT2D eigenvalue weighted by molar-refractivity contribution is 0.398. The zero-order chi connectivity index (χ0) is 12.4. The zero-order valence-electron chi connectivity index (χ0n) is 9.81. The number of nitrogens with zero attached hydrogens (tertiary/aromatic N) is 3. The second-order valence-electron chi connectivity index (χ2n) is 3.44. The monoisotopic (exact) mass is 251 g/mol. The van der Waals surface area contributed by atoms with Crippen LogP contribution in [0.3, 0.4) is 0 Å². The SMILES string of the molecule is COc1cc(Nc2nc(C)c(C)s2)nc(N)n1. The molecular formula is C10H13N5OS. The molecule has 0 fully saturated rings. The maximum Gasteiger partial charge on any atom is 0.225 e. The zero-order valence-corrected chi connectivity index (χ0v) is 10.6. The summed E-state index contributed by atoms with van der Waals surface area (Å²) in [6.45, 7) is 3.99. The second-order valence-corrected chi connectivity index (χ2v) is 4.64. The van der Waals surface area contributed by atoms with E-state index in [1.54, 1.807) is 17.4 Å². The van der Waals surface area contributed by atoms with Crippen molar-refractivity contribution in [2.45, 2.75) is 13.8 Å². The normalized spacial score (nSPS) is 10.3. The number of hydrogen-bond acceptors (Lipinski definition) is 7. The molecule has 0 aromatic carbocycles. The molecule has 0 aliphatic rings. The van der Waals surface area contributed by atoms with Crippen LogP contribution in [-0.2, 0) is 0 Å². The molecular weight excluding hydrogens is 238 g/mol. The Bertz CT molecular complexity index is 520. The van der Waals surface area contributed by atoms with Crippen LogP contribution in [0.25, 0.3) is 0 Å². The van der Waals surface area contributed by atoms with Gasteiger partial charge in [0.1, 0.15) is 5.82 Å². The fraction of sp³-hybridized carbons (Fsp3) is 0.300. The average molecular weight is 251 g/mol. The largest absolute Gasteiger partial charge is 0.481 e. The van der Waals surface area contributed by atoms with Crippen molar-refractivity contribution in [3.8, 4) is 5.88 Å². The van der Waals surface area contributed by atoms with Gasteiger partial charge in [-0.2, -0.15) is 9.97 Å². The first-order valence-electron chi connectivity index (χ1n) is 4.98. The van der Waals surface area contributed by atoms with Gasteiger partial charge in [-0.25, -0.2) is 4.98 Å². The molecule has 0 saturated carbocycles. The molecule has 7 heteroatoms. The molecule has 17 heavy (non-hydrogen) atoms. The third-order valence-corrected chi connectivity index (χ3v) is 3.18. The Morgan fingerprint density at radius 3 is 2.65 bits per heavy atom. The molecule has 2 aromatic heterocycles. The fourth-order valence-corrected chi connectivity index (χ4v) is 2.07. The van der Waals surface area contributed by atoms with Crippen molar-refractivity contribution in [2.24, 2.45) is 0 Å². The average Bonchev–Trinajstić information content (AvgIpc) is 2.57. The van der Waals surface area contributed by atoms with E-state index in [9.17, 15) is 0 Å². The van der Waals surface area contributed by atoms with Crippen molar-refractivity contribution in [1.82, 2.24) is 15.0 Å². The molecule has 2 rings (SSSR count). The number of nitrogens with two attached hydrogens (primary N) is 1. The van der Waals surface area contributed by atoms with Gasteiger partial charge in [-0.3, -0.25) is 0 Å². The molecule has 0 aliphatic carbocycles. The summed E-state index contributed by atoms with van der Waals surface area (Å²) in [5, 5.41) is 3.86. The highest BCUT2D eigenvalue weighted by Crippen LogP contribution is 2.25. The van der Waals surface area contributed by atoms with Gasteiger partial charge in [-0.05, 0) is 13.8 Å². The van der Waals surface area contributed by atoms with E-state index in [1.807, 2.05) is 13.8 Å². The second kappa shape index (κ2) is 4.54. The maximum absolute atomic E-state index is 5.56. The highest BCUT2D eigenvalue weighted by Gasteiger charge is 2.07. The van der Waals surface area contributed by atoms with Crippen LogP contribution in [0.5, 0.6) is 5.88 Å². The number of aromatic nitrogens is 3. The standard InChI is InChI=1S/C10H13N5OS/c1-5-6(2)17-10(12-5)14-7-4-8(16-3)15-9(11)13-7/h4H,1-3H3,(H3,11,12,13,14,15). The minimum absolute atomic E-state index is 0.164. The number of anilines is 3. The van der Waals surface area contributed by atoms with Crippen molar-refractivity contribution in [3.63, 3.8) is 0 Å². The van der Waals surface area contributed by atoms with Crippen LogP contribution in [0.15, 0.2) is 6.07 Å². The van der Waals surface area contributed by atoms with Gasteiger partial charge in [0.2, 0.25) is 11.8 Å². The topological polar surface area (TPSA) is 86.0 Å². The van der Waals surface area contributed by atoms with E-state index in [4.69, 9.17) is 10.5 Å². The molecule has 2 heterocycles. The van der Waals surface area contributed by atoms with E-state index in [0.717, 1.165) is 10.8 Å². The van der Waals surface area contributed by atoms with Crippen LogP contribution >= 0.6 is 11.3 Å². The van der Waals surface area contributed by atoms with Gasteiger partial charge < -0.3 is 15.8 Å². The summed E-state index contributed by atoms with van der Waals surface area (Å²) in [5.74, 6) is 1.16. The maximum atomic E-state index is 5.56. The Morgan fingerprint density at radius 2 is 2.06 bits per heavy atom. The van der Waals surface area contributed by atoms with Gasteiger partial charge >= 0.3 is 0 Å². The number of ether oxygens (including phenoxy) is 1. The Kier molecular flexibility index (Phi) is 3.10. The van der Waals surface area contributed by atoms with Crippen LogP contribution in [0, 0.1) is 13.8 Å². The van der Waals surface area contributed by atoms with Gasteiger partial charge in [0.25, 0.3) is 0 Å². The third kappa shape index (κ3) is 2.62. The van der Waals surface area contributed by atoms with E-state index in [-0.39, 0.29) is 5.95 Å². The van der Waals surface area contributed by atoms with Crippen LogP contribution in [-0.4, -0.2) is 22.1 Å². The molecule has 0 saturated heterocycles. The van der Waals surface area contributed by atoms with E-state index >= 15 is 0 Å². The Labute approximate surface area is 103 Å². The Hall–Kier alpha value is -1.89. The molecule has 0 aliphatic heterocycles. The van der Waals surface area contributed by atoms with Crippen molar-refractivity contribution in [2.75, 3.05) is 18.2 Å². The van der Waals surface area contributed by atoms with Gasteiger partial charge in [-0.1, -0.05) is 0 Å². The number of nitrogen functional groups attached to an aromatic ring is 1. The fourth-order valence-electron chi connectivity index (χ4n) is 1.25. The van der Waals surface area contributed by atoms with Crippen LogP contribution in [0.4, 0.5) is 16.9 Å². The van der Waals surface area contributed by atoms with Gasteiger partial charge in [0, 0.05) is 10.9 Å². The lowest BCUT2D eigenvalue weighted by Crippen LogP contribution is -2.01. The predicted octanol–water partition coefficient (Wildman–Crippen LogP) is 1.88. The van der Waals surface area contributed by atoms with Crippen molar-refractivity contribution in [1.29, 1.82) is 0 Å². The Balaban J connectivity index is 2.26. The number of rotatable bonds is 3. The van der Waals surface area contributed by atoms with Crippen LogP contribution in [0.2, 0.25) is 0 Å². The first-order chi connectivity index (χ1) is 8.08. The first kappa shape index (κ1) is 11.6. The lowest BCUT2D eigenvalue weighted by Gasteiger charge is -2.04. The highest BCUT2D eigenvalue weighted by atomic mass is 32.1. The molecule has 3 N–H and O–H groups in total. The van der Waals surface area contributed by atoms with Gasteiger partial charge in [0.05, 0.1) is 12.8 Å². The summed E-state index contributed by atoms with van der Waals surface area (Å²) in [4.78, 5) is 13.5. The minimum atomic E-state index is 0.164. The summed E-state index contributed by atoms with van der Waals surface area (Å²) in [5.41, 5.74) is 6.57. The molecule has 0 bridgehead atoms. The molecule has 90 valence electrons. The van der Waals surface area contributed by atoms with Crippen molar-refractivity contribution < 1.29 is 4.74 Å². The van der Waals surface area contributed by atoms with E-state index in [1.165, 1.54) is 12.0 Å². The molecule has 0 spiro atoms. The van der Waals surface area contributed by atoms with Gasteiger partial charge in [0.15, 0.2) is 5.13 Å². The Morgan fingerprint density at radius 1 is 1.29 bits per heavy atom. The number of nitrogens with one attached hydrogen (secondary N) is 1. The molecule has 0 radical (unpaired) electrons. The van der Waals surface area contributed by atoms with E-state index in [2.05, 4.69) is 20.3 Å². The molecule has 6 nitrogen and oxygen atoms in total. The predicted molar refractivity (Wildman–Crippen MR) is 67.9 cm³/mol. The van der Waals surface area contributed by atoms with Crippen molar-refractivity contribution in [3.05, 3.63) is 16.6 Å². The number of thiazole rings is 1. The number of hydrogen-bond donors (Lipinski definition) is 2. The number of aryl methyl sites for hydroxylation is 2. The molecule has 0 amide bonds. The summed E-state index contributed by atoms with van der Waals surface area (Å²) >= 11 is 1.56. The third-order valence-electron chi connectivity index (χ3n) is 2.19. The molecule has 0 unspecified atom stereocenters. The van der Waals surface area contributed by atoms with Crippen LogP contribution < -0.4 is 15.8 Å². The smallest absolute Gasteiger partial charge is 0.225 e. The van der Waals surface area contributed by atoms with Crippen molar-refractivity contribution >= 4 is 28.2 Å². The van der Waals surface area contributed by atoms with Crippen LogP contribution in [0.1, 0.15) is 10.6 Å². The molecule has 2 aromatic rings. The number of methoxy groups -OCH3 is 1. The minimum Gasteiger partial charge on any atom is -0.481 e. The van der Waals surface area contributed by atoms with E-state index < -0.39 is 0 Å². The molecule has 0 atom stereocenters. The lowest BCUT2D eigenvalue weighted by atomic mass is 10.4. The summed E-state index contributed by atoms with van der Waals surface area (Å²) in [6.07, 6.45) is 0. The van der Waals surface area contributed by atoms with Gasteiger partial charge in [-0.15, -0.1) is 11.3 Å². The summed E-state index contributed by atoms with van der Waals surface area (Å²) < 4.78 is 5.01. The first-order valence-corrected chi connectivity index (χ1v) is 5.79. The summed E-state index contributed by atoms with van der Waals surface area (Å²) in [7, 11) is 1.53. The highest BCUT2D eigenvalue weighted by molar-refractivity contribution is 7.15. The summed E-state index contributed by atoms with van der Waals surface area (Å²) in [6, 6.07) is 1.67. The van der Waals surface area contributed by atoms with E-state index in [0.29, 0.717) is 11.7 Å².